The van der Waals surface area contributed by atoms with Gasteiger partial charge in [0.25, 0.3) is 5.91 Å². The molecule has 182 valence electrons. The van der Waals surface area contributed by atoms with Gasteiger partial charge in [-0.2, -0.15) is 0 Å². The fourth-order valence-electron chi connectivity index (χ4n) is 5.23. The number of hydrogen-bond acceptors (Lipinski definition) is 7. The number of phenolic OH excluding ortho intramolecular Hbond substituents is 1. The van der Waals surface area contributed by atoms with E-state index in [1.54, 1.807) is 4.90 Å². The number of rotatable bonds is 6. The molecule has 1 spiro atoms. The second-order valence-corrected chi connectivity index (χ2v) is 9.71. The molecule has 3 aliphatic rings. The predicted molar refractivity (Wildman–Crippen MR) is 125 cm³/mol. The Morgan fingerprint density at radius 1 is 1.18 bits per heavy atom. The van der Waals surface area contributed by atoms with Crippen LogP contribution < -0.4 is 9.47 Å². The van der Waals surface area contributed by atoms with E-state index >= 15 is 0 Å². The van der Waals surface area contributed by atoms with E-state index in [0.29, 0.717) is 25.1 Å². The average Bonchev–Trinajstić information content (AvgIpc) is 3.42. The number of para-hydroxylation sites is 1. The van der Waals surface area contributed by atoms with Crippen molar-refractivity contribution in [2.75, 3.05) is 39.3 Å². The maximum Gasteiger partial charge on any atom is 0.257 e. The highest BCUT2D eigenvalue weighted by molar-refractivity contribution is 5.97. The van der Waals surface area contributed by atoms with E-state index in [2.05, 4.69) is 11.0 Å². The predicted octanol–water partition coefficient (Wildman–Crippen LogP) is 1.81. The molecule has 0 radical (unpaired) electrons. The lowest BCUT2D eigenvalue weighted by Crippen LogP contribution is -2.49. The summed E-state index contributed by atoms with van der Waals surface area (Å²) in [6.07, 6.45) is 2.04. The van der Waals surface area contributed by atoms with Crippen LogP contribution in [0.25, 0.3) is 0 Å². The second kappa shape index (κ2) is 9.44. The van der Waals surface area contributed by atoms with Crippen LogP contribution in [0.3, 0.4) is 0 Å². The van der Waals surface area contributed by atoms with Crippen LogP contribution in [0.1, 0.15) is 35.2 Å². The number of carbonyl (C=O) groups is 1. The van der Waals surface area contributed by atoms with E-state index in [0.717, 1.165) is 38.1 Å². The molecular weight excluding hydrogens is 436 g/mol. The third kappa shape index (κ3) is 4.85. The first-order chi connectivity index (χ1) is 16.4. The van der Waals surface area contributed by atoms with Crippen molar-refractivity contribution in [3.63, 3.8) is 0 Å². The Hall–Kier alpha value is -2.81. The van der Waals surface area contributed by atoms with Crippen molar-refractivity contribution >= 4 is 5.91 Å². The minimum Gasteiger partial charge on any atom is -0.508 e. The third-order valence-electron chi connectivity index (χ3n) is 7.13. The van der Waals surface area contributed by atoms with E-state index in [4.69, 9.17) is 9.47 Å². The van der Waals surface area contributed by atoms with Crippen LogP contribution in [0.2, 0.25) is 0 Å². The topological polar surface area (TPSA) is 103 Å². The Balaban J connectivity index is 1.13. The van der Waals surface area contributed by atoms with Crippen molar-refractivity contribution in [2.45, 2.75) is 43.5 Å². The average molecular weight is 469 g/mol. The molecule has 8 nitrogen and oxygen atoms in total. The van der Waals surface area contributed by atoms with Gasteiger partial charge in [0, 0.05) is 58.1 Å². The fraction of sp³-hybridized carbons (Fsp3) is 0.500. The molecule has 1 amide bonds. The SMILES string of the molecule is O=C(c1ccc(O)cc1OC[C@@H](O)CN1CCC2(CC1)Cc1ccccc1O2)N1CC[C@H](O)C1. The molecular formula is C26H32N2O6. The standard InChI is InChI=1S/C26H32N2O6/c29-19-5-6-22(25(32)28-10-7-20(30)16-28)24(13-19)33-17-21(31)15-27-11-8-26(9-12-27)14-18-3-1-2-4-23(18)34-26/h1-6,13,20-21,29-31H,7-12,14-17H2/t20-,21-/m0/s1. The van der Waals surface area contributed by atoms with Gasteiger partial charge in [-0.3, -0.25) is 4.79 Å². The van der Waals surface area contributed by atoms with E-state index in [1.807, 2.05) is 18.2 Å². The van der Waals surface area contributed by atoms with Gasteiger partial charge in [-0.15, -0.1) is 0 Å². The number of piperidine rings is 1. The zero-order chi connectivity index (χ0) is 23.7. The summed E-state index contributed by atoms with van der Waals surface area (Å²) in [6.45, 7) is 2.90. The van der Waals surface area contributed by atoms with Crippen LogP contribution in [0.5, 0.6) is 17.2 Å². The number of aliphatic hydroxyl groups is 2. The van der Waals surface area contributed by atoms with Crippen molar-refractivity contribution in [1.82, 2.24) is 9.80 Å². The molecule has 0 aliphatic carbocycles. The molecule has 0 aromatic heterocycles. The maximum absolute atomic E-state index is 12.9. The number of aliphatic hydroxyl groups excluding tert-OH is 2. The summed E-state index contributed by atoms with van der Waals surface area (Å²) in [7, 11) is 0. The van der Waals surface area contributed by atoms with Gasteiger partial charge in [-0.25, -0.2) is 0 Å². The van der Waals surface area contributed by atoms with Crippen LogP contribution in [0.4, 0.5) is 0 Å². The Kier molecular flexibility index (Phi) is 6.38. The number of fused-ring (bicyclic) bond motifs is 1. The van der Waals surface area contributed by atoms with Crippen LogP contribution in [0.15, 0.2) is 42.5 Å². The largest absolute Gasteiger partial charge is 0.508 e. The van der Waals surface area contributed by atoms with Gasteiger partial charge < -0.3 is 34.6 Å². The van der Waals surface area contributed by atoms with Crippen molar-refractivity contribution in [3.05, 3.63) is 53.6 Å². The van der Waals surface area contributed by atoms with Crippen LogP contribution in [0, 0.1) is 0 Å². The molecule has 3 N–H and O–H groups in total. The molecule has 2 aromatic carbocycles. The van der Waals surface area contributed by atoms with E-state index in [9.17, 15) is 20.1 Å². The van der Waals surface area contributed by atoms with E-state index in [-0.39, 0.29) is 36.2 Å². The lowest BCUT2D eigenvalue weighted by Gasteiger charge is -2.39. The highest BCUT2D eigenvalue weighted by atomic mass is 16.5. The molecule has 3 heterocycles. The number of ether oxygens (including phenoxy) is 2. The van der Waals surface area contributed by atoms with Gasteiger partial charge in [0.2, 0.25) is 0 Å². The van der Waals surface area contributed by atoms with Crippen molar-refractivity contribution in [1.29, 1.82) is 0 Å². The zero-order valence-electron chi connectivity index (χ0n) is 19.2. The number of likely N-dealkylation sites (tertiary alicyclic amines) is 2. The van der Waals surface area contributed by atoms with Crippen LogP contribution >= 0.6 is 0 Å². The summed E-state index contributed by atoms with van der Waals surface area (Å²) in [4.78, 5) is 16.7. The molecule has 2 fully saturated rings. The molecule has 0 saturated carbocycles. The summed E-state index contributed by atoms with van der Waals surface area (Å²) < 4.78 is 12.1. The third-order valence-corrected chi connectivity index (χ3v) is 7.13. The quantitative estimate of drug-likeness (QED) is 0.594. The van der Waals surface area contributed by atoms with Gasteiger partial charge in [0.05, 0.1) is 11.7 Å². The van der Waals surface area contributed by atoms with Gasteiger partial charge in [0.15, 0.2) is 0 Å². The Labute approximate surface area is 199 Å². The van der Waals surface area contributed by atoms with Gasteiger partial charge in [0.1, 0.15) is 35.6 Å². The van der Waals surface area contributed by atoms with Crippen molar-refractivity contribution in [2.24, 2.45) is 0 Å². The zero-order valence-corrected chi connectivity index (χ0v) is 19.2. The molecule has 2 saturated heterocycles. The van der Waals surface area contributed by atoms with Crippen LogP contribution in [-0.4, -0.2) is 88.2 Å². The smallest absolute Gasteiger partial charge is 0.257 e. The second-order valence-electron chi connectivity index (χ2n) is 9.71. The lowest BCUT2D eigenvalue weighted by molar-refractivity contribution is -0.00202. The molecule has 2 atom stereocenters. The monoisotopic (exact) mass is 468 g/mol. The number of aromatic hydroxyl groups is 1. The number of carbonyl (C=O) groups excluding carboxylic acids is 1. The number of hydrogen-bond donors (Lipinski definition) is 3. The molecule has 34 heavy (non-hydrogen) atoms. The van der Waals surface area contributed by atoms with E-state index < -0.39 is 12.2 Å². The van der Waals surface area contributed by atoms with Crippen molar-refractivity contribution in [3.8, 4) is 17.2 Å². The highest BCUT2D eigenvalue weighted by Crippen LogP contribution is 2.40. The Bertz CT molecular complexity index is 1010. The molecule has 3 aliphatic heterocycles. The summed E-state index contributed by atoms with van der Waals surface area (Å²) in [5, 5.41) is 30.3. The molecule has 0 unspecified atom stereocenters. The first-order valence-corrected chi connectivity index (χ1v) is 12.0. The highest BCUT2D eigenvalue weighted by Gasteiger charge is 2.42. The number of β-amino-alcohol motifs (C(OH)–C–C–N with tert-alkyl or cyclic N) is 2. The number of phenols is 1. The van der Waals surface area contributed by atoms with Gasteiger partial charge in [-0.1, -0.05) is 18.2 Å². The molecule has 2 aromatic rings. The molecule has 8 heteroatoms. The summed E-state index contributed by atoms with van der Waals surface area (Å²) in [5.41, 5.74) is 1.45. The fourth-order valence-corrected chi connectivity index (χ4v) is 5.23. The first-order valence-electron chi connectivity index (χ1n) is 12.0. The normalized spacial score (nSPS) is 22.4. The minimum absolute atomic E-state index is 0.00986. The van der Waals surface area contributed by atoms with Gasteiger partial charge in [-0.05, 0) is 30.2 Å². The summed E-state index contributed by atoms with van der Waals surface area (Å²) >= 11 is 0. The van der Waals surface area contributed by atoms with Crippen LogP contribution in [-0.2, 0) is 6.42 Å². The lowest BCUT2D eigenvalue weighted by atomic mass is 9.87. The summed E-state index contributed by atoms with van der Waals surface area (Å²) in [5.74, 6) is 0.964. The Morgan fingerprint density at radius 2 is 1.97 bits per heavy atom. The Morgan fingerprint density at radius 3 is 2.71 bits per heavy atom. The number of benzene rings is 2. The molecule has 5 rings (SSSR count). The minimum atomic E-state index is -0.741. The maximum atomic E-state index is 12.9. The number of amides is 1. The first kappa shape index (κ1) is 23.0. The number of nitrogens with zero attached hydrogens (tertiary/aromatic N) is 2. The molecule has 0 bridgehead atoms. The van der Waals surface area contributed by atoms with E-state index in [1.165, 1.54) is 23.8 Å². The van der Waals surface area contributed by atoms with Crippen molar-refractivity contribution < 1.29 is 29.6 Å². The van der Waals surface area contributed by atoms with Gasteiger partial charge >= 0.3 is 0 Å². The summed E-state index contributed by atoms with van der Waals surface area (Å²) in [6, 6.07) is 12.6.